The first-order valence-electron chi connectivity index (χ1n) is 9.09. The van der Waals surface area contributed by atoms with E-state index in [1.165, 1.54) is 36.8 Å². The lowest BCUT2D eigenvalue weighted by Gasteiger charge is -2.54. The topological polar surface area (TPSA) is 42.0 Å². The van der Waals surface area contributed by atoms with Gasteiger partial charge in [0.2, 0.25) is 5.91 Å². The Bertz CT molecular complexity index is 748. The zero-order valence-corrected chi connectivity index (χ0v) is 14.5. The second-order valence-corrected chi connectivity index (χ2v) is 8.88. The number of para-hydroxylation sites is 1. The molecular formula is C20H22N2OS. The fourth-order valence-corrected chi connectivity index (χ4v) is 6.35. The van der Waals surface area contributed by atoms with Gasteiger partial charge in [-0.25, -0.2) is 4.98 Å². The van der Waals surface area contributed by atoms with E-state index in [2.05, 4.69) is 16.4 Å². The van der Waals surface area contributed by atoms with Crippen molar-refractivity contribution in [1.82, 2.24) is 10.3 Å². The second-order valence-electron chi connectivity index (χ2n) is 7.82. The maximum Gasteiger partial charge on any atom is 0.244 e. The van der Waals surface area contributed by atoms with Crippen LogP contribution in [0.15, 0.2) is 30.3 Å². The van der Waals surface area contributed by atoms with Gasteiger partial charge in [-0.2, -0.15) is 0 Å². The number of nitrogens with zero attached hydrogens (tertiary/aromatic N) is 1. The van der Waals surface area contributed by atoms with Crippen LogP contribution in [0.2, 0.25) is 0 Å². The molecule has 0 atom stereocenters. The van der Waals surface area contributed by atoms with E-state index in [1.807, 2.05) is 24.3 Å². The first kappa shape index (κ1) is 14.6. The Labute approximate surface area is 146 Å². The summed E-state index contributed by atoms with van der Waals surface area (Å²) < 4.78 is 1.17. The lowest BCUT2D eigenvalue weighted by atomic mass is 9.54. The number of hydrogen-bond acceptors (Lipinski definition) is 3. The molecule has 0 saturated heterocycles. The number of fused-ring (bicyclic) bond motifs is 1. The number of amides is 1. The molecule has 0 spiro atoms. The Kier molecular flexibility index (Phi) is 3.47. The third-order valence-electron chi connectivity index (χ3n) is 6.22. The van der Waals surface area contributed by atoms with Crippen molar-refractivity contribution in [3.8, 4) is 0 Å². The van der Waals surface area contributed by atoms with Crippen LogP contribution in [0.5, 0.6) is 0 Å². The van der Waals surface area contributed by atoms with Crippen LogP contribution >= 0.6 is 11.3 Å². The van der Waals surface area contributed by atoms with E-state index in [1.54, 1.807) is 17.4 Å². The van der Waals surface area contributed by atoms with Gasteiger partial charge in [0.05, 0.1) is 10.2 Å². The van der Waals surface area contributed by atoms with Crippen molar-refractivity contribution in [3.05, 3.63) is 35.3 Å². The molecule has 124 valence electrons. The number of benzene rings is 1. The molecule has 1 heterocycles. The molecule has 1 aromatic heterocycles. The summed E-state index contributed by atoms with van der Waals surface area (Å²) in [5, 5.41) is 4.22. The lowest BCUT2D eigenvalue weighted by molar-refractivity contribution is -0.120. The third-order valence-corrected chi connectivity index (χ3v) is 7.23. The van der Waals surface area contributed by atoms with Crippen molar-refractivity contribution in [1.29, 1.82) is 0 Å². The summed E-state index contributed by atoms with van der Waals surface area (Å²) in [6.45, 7) is 0. The van der Waals surface area contributed by atoms with Crippen molar-refractivity contribution in [3.63, 3.8) is 0 Å². The summed E-state index contributed by atoms with van der Waals surface area (Å²) in [4.78, 5) is 17.0. The predicted molar refractivity (Wildman–Crippen MR) is 97.6 cm³/mol. The van der Waals surface area contributed by atoms with Gasteiger partial charge in [0, 0.05) is 12.1 Å². The van der Waals surface area contributed by atoms with Gasteiger partial charge in [-0.1, -0.05) is 12.1 Å². The molecule has 4 saturated carbocycles. The smallest absolute Gasteiger partial charge is 0.244 e. The van der Waals surface area contributed by atoms with Gasteiger partial charge < -0.3 is 5.32 Å². The molecule has 3 nitrogen and oxygen atoms in total. The van der Waals surface area contributed by atoms with Crippen molar-refractivity contribution in [2.45, 2.75) is 38.1 Å². The second kappa shape index (κ2) is 5.69. The molecule has 0 aliphatic heterocycles. The molecule has 6 rings (SSSR count). The normalized spacial score (nSPS) is 34.2. The Morgan fingerprint density at radius 2 is 1.79 bits per heavy atom. The zero-order valence-electron chi connectivity index (χ0n) is 13.7. The minimum absolute atomic E-state index is 0.0479. The van der Waals surface area contributed by atoms with Gasteiger partial charge in [0.1, 0.15) is 5.01 Å². The Balaban J connectivity index is 1.27. The minimum Gasteiger partial charge on any atom is -0.349 e. The van der Waals surface area contributed by atoms with Crippen molar-refractivity contribution in [2.24, 2.45) is 23.7 Å². The summed E-state index contributed by atoms with van der Waals surface area (Å²) >= 11 is 1.63. The standard InChI is InChI=1S/C20H22N2OS/c23-18(5-6-19-21-16-3-1-2-4-17(16)24-19)22-20-14-8-12-7-13(10-14)11-15(20)9-12/h1-6,12-15,20H,7-11H2,(H,22,23)/b6-5+. The summed E-state index contributed by atoms with van der Waals surface area (Å²) in [7, 11) is 0. The van der Waals surface area contributed by atoms with E-state index in [0.29, 0.717) is 6.04 Å². The molecule has 4 heteroatoms. The molecule has 24 heavy (non-hydrogen) atoms. The molecule has 0 unspecified atom stereocenters. The summed E-state index contributed by atoms with van der Waals surface area (Å²) in [5.74, 6) is 3.38. The number of thiazole rings is 1. The summed E-state index contributed by atoms with van der Waals surface area (Å²) in [6, 6.07) is 8.50. The highest BCUT2D eigenvalue weighted by atomic mass is 32.1. The molecule has 0 radical (unpaired) electrons. The summed E-state index contributed by atoms with van der Waals surface area (Å²) in [6.07, 6.45) is 10.3. The zero-order chi connectivity index (χ0) is 16.1. The maximum absolute atomic E-state index is 12.4. The number of carbonyl (C=O) groups excluding carboxylic acids is 1. The molecule has 2 aromatic rings. The van der Waals surface area contributed by atoms with E-state index in [0.717, 1.165) is 34.2 Å². The molecule has 1 aromatic carbocycles. The molecule has 4 aliphatic carbocycles. The Morgan fingerprint density at radius 3 is 2.50 bits per heavy atom. The van der Waals surface area contributed by atoms with Crippen LogP contribution < -0.4 is 5.32 Å². The van der Waals surface area contributed by atoms with Gasteiger partial charge in [-0.15, -0.1) is 11.3 Å². The monoisotopic (exact) mass is 338 g/mol. The van der Waals surface area contributed by atoms with Crippen LogP contribution in [0.25, 0.3) is 16.3 Å². The molecule has 4 bridgehead atoms. The molecule has 4 fully saturated rings. The molecule has 1 N–H and O–H groups in total. The fourth-order valence-electron chi connectivity index (χ4n) is 5.48. The fraction of sp³-hybridized carbons (Fsp3) is 0.500. The number of rotatable bonds is 3. The Morgan fingerprint density at radius 1 is 1.08 bits per heavy atom. The van der Waals surface area contributed by atoms with Crippen molar-refractivity contribution >= 4 is 33.5 Å². The van der Waals surface area contributed by atoms with E-state index >= 15 is 0 Å². The maximum atomic E-state index is 12.4. The number of hydrogen-bond donors (Lipinski definition) is 1. The van der Waals surface area contributed by atoms with E-state index in [4.69, 9.17) is 0 Å². The van der Waals surface area contributed by atoms with E-state index in [9.17, 15) is 4.79 Å². The van der Waals surface area contributed by atoms with Crippen LogP contribution in [0.4, 0.5) is 0 Å². The molecule has 4 aliphatic rings. The lowest BCUT2D eigenvalue weighted by Crippen LogP contribution is -2.55. The highest BCUT2D eigenvalue weighted by Crippen LogP contribution is 2.53. The molecule has 1 amide bonds. The van der Waals surface area contributed by atoms with Crippen LogP contribution in [-0.4, -0.2) is 16.9 Å². The quantitative estimate of drug-likeness (QED) is 0.850. The highest BCUT2D eigenvalue weighted by molar-refractivity contribution is 7.19. The van der Waals surface area contributed by atoms with E-state index < -0.39 is 0 Å². The summed E-state index contributed by atoms with van der Waals surface area (Å²) in [5.41, 5.74) is 1.00. The van der Waals surface area contributed by atoms with Crippen LogP contribution in [0.3, 0.4) is 0 Å². The highest BCUT2D eigenvalue weighted by Gasteiger charge is 2.48. The largest absolute Gasteiger partial charge is 0.349 e. The number of aromatic nitrogens is 1. The van der Waals surface area contributed by atoms with Gasteiger partial charge in [-0.05, 0) is 74.0 Å². The average molecular weight is 338 g/mol. The first-order valence-corrected chi connectivity index (χ1v) is 9.90. The van der Waals surface area contributed by atoms with Crippen molar-refractivity contribution < 1.29 is 4.79 Å². The minimum atomic E-state index is 0.0479. The third kappa shape index (κ3) is 2.57. The number of carbonyl (C=O) groups is 1. The van der Waals surface area contributed by atoms with Crippen molar-refractivity contribution in [2.75, 3.05) is 0 Å². The average Bonchev–Trinajstić information content (AvgIpc) is 2.98. The van der Waals surface area contributed by atoms with Gasteiger partial charge >= 0.3 is 0 Å². The SMILES string of the molecule is O=C(/C=C/c1nc2ccccc2s1)NC1C2CC3CC(C2)CC1C3. The van der Waals surface area contributed by atoms with Crippen LogP contribution in [0.1, 0.15) is 37.1 Å². The molecular weight excluding hydrogens is 316 g/mol. The van der Waals surface area contributed by atoms with Gasteiger partial charge in [0.15, 0.2) is 0 Å². The first-order chi connectivity index (χ1) is 11.7. The van der Waals surface area contributed by atoms with Crippen LogP contribution in [-0.2, 0) is 4.79 Å². The van der Waals surface area contributed by atoms with Gasteiger partial charge in [0.25, 0.3) is 0 Å². The predicted octanol–water partition coefficient (Wildman–Crippen LogP) is 4.25. The van der Waals surface area contributed by atoms with Gasteiger partial charge in [-0.3, -0.25) is 4.79 Å². The van der Waals surface area contributed by atoms with Crippen LogP contribution in [0, 0.1) is 23.7 Å². The Hall–Kier alpha value is -1.68. The number of nitrogens with one attached hydrogen (secondary N) is 1. The van der Waals surface area contributed by atoms with E-state index in [-0.39, 0.29) is 5.91 Å².